The molecule has 0 aromatic rings. The average Bonchev–Trinajstić information content (AvgIpc) is 2.26. The van der Waals surface area contributed by atoms with Crippen LogP contribution in [0, 0.1) is 17.3 Å². The fourth-order valence-corrected chi connectivity index (χ4v) is 3.02. The molecule has 4 nitrogen and oxygen atoms in total. The zero-order valence-corrected chi connectivity index (χ0v) is 13.3. The Morgan fingerprint density at radius 1 is 1.53 bits per heavy atom. The first-order chi connectivity index (χ1) is 8.71. The third kappa shape index (κ3) is 3.45. The molecule has 1 saturated carbocycles. The van der Waals surface area contributed by atoms with Crippen molar-refractivity contribution in [3.05, 3.63) is 0 Å². The molecule has 0 radical (unpaired) electrons. The van der Waals surface area contributed by atoms with Crippen molar-refractivity contribution in [2.24, 2.45) is 23.0 Å². The number of nitrogens with two attached hydrogens (primary N) is 1. The Balaban J connectivity index is 2.62. The van der Waals surface area contributed by atoms with E-state index >= 15 is 0 Å². The van der Waals surface area contributed by atoms with E-state index in [1.807, 2.05) is 20.8 Å². The van der Waals surface area contributed by atoms with Gasteiger partial charge in [-0.1, -0.05) is 39.9 Å². The molecule has 0 aromatic heterocycles. The smallest absolute Gasteiger partial charge is 0.230 e. The molecule has 19 heavy (non-hydrogen) atoms. The van der Waals surface area contributed by atoms with Gasteiger partial charge in [-0.05, 0) is 19.3 Å². The summed E-state index contributed by atoms with van der Waals surface area (Å²) in [6.45, 7) is 10.8. The Morgan fingerprint density at radius 2 is 2.11 bits per heavy atom. The number of nitrogens with one attached hydrogen (secondary N) is 1. The molecule has 0 spiro atoms. The van der Waals surface area contributed by atoms with E-state index in [-0.39, 0.29) is 34.4 Å². The van der Waals surface area contributed by atoms with E-state index in [0.29, 0.717) is 6.61 Å². The lowest BCUT2D eigenvalue weighted by Gasteiger charge is -2.51. The van der Waals surface area contributed by atoms with Crippen molar-refractivity contribution in [2.45, 2.75) is 53.2 Å². The molecule has 0 aliphatic heterocycles. The Labute approximate surface area is 121 Å². The average molecular weight is 286 g/mol. The summed E-state index contributed by atoms with van der Waals surface area (Å²) in [7, 11) is 0. The molecule has 3 unspecified atom stereocenters. The van der Waals surface area contributed by atoms with E-state index in [4.69, 9.17) is 22.7 Å². The van der Waals surface area contributed by atoms with Gasteiger partial charge in [0.15, 0.2) is 0 Å². The molecule has 1 rings (SSSR count). The molecule has 0 bridgehead atoms. The van der Waals surface area contributed by atoms with E-state index in [9.17, 15) is 4.79 Å². The van der Waals surface area contributed by atoms with Crippen molar-refractivity contribution < 1.29 is 9.53 Å². The lowest BCUT2D eigenvalue weighted by molar-refractivity contribution is -0.138. The van der Waals surface area contributed by atoms with Crippen molar-refractivity contribution in [2.75, 3.05) is 6.61 Å². The fourth-order valence-electron chi connectivity index (χ4n) is 2.64. The molecule has 0 saturated heterocycles. The highest BCUT2D eigenvalue weighted by Gasteiger charge is 2.50. The Morgan fingerprint density at radius 3 is 2.47 bits per heavy atom. The summed E-state index contributed by atoms with van der Waals surface area (Å²) in [5.41, 5.74) is 5.62. The maximum Gasteiger partial charge on any atom is 0.230 e. The van der Waals surface area contributed by atoms with E-state index in [0.717, 1.165) is 6.42 Å². The second-order valence-corrected chi connectivity index (χ2v) is 6.66. The van der Waals surface area contributed by atoms with E-state index < -0.39 is 5.92 Å². The number of hydrogen-bond acceptors (Lipinski definition) is 3. The van der Waals surface area contributed by atoms with Gasteiger partial charge in [-0.2, -0.15) is 0 Å². The van der Waals surface area contributed by atoms with Gasteiger partial charge in [0.05, 0.1) is 17.0 Å². The number of carbonyl (C=O) groups excluding carboxylic acids is 1. The molecular weight excluding hydrogens is 260 g/mol. The molecule has 110 valence electrons. The minimum absolute atomic E-state index is 0.0383. The third-order valence-corrected chi connectivity index (χ3v) is 4.37. The molecule has 3 N–H and O–H groups in total. The van der Waals surface area contributed by atoms with Crippen LogP contribution < -0.4 is 11.1 Å². The highest BCUT2D eigenvalue weighted by Crippen LogP contribution is 2.42. The Kier molecular flexibility index (Phi) is 5.33. The normalized spacial score (nSPS) is 26.6. The predicted octanol–water partition coefficient (Wildman–Crippen LogP) is 1.86. The number of carbonyl (C=O) groups is 1. The fraction of sp³-hybridized carbons (Fsp3) is 0.857. The van der Waals surface area contributed by atoms with Crippen LogP contribution in [-0.2, 0) is 9.53 Å². The van der Waals surface area contributed by atoms with Gasteiger partial charge in [-0.3, -0.25) is 4.79 Å². The maximum atomic E-state index is 12.3. The highest BCUT2D eigenvalue weighted by atomic mass is 32.1. The van der Waals surface area contributed by atoms with Crippen LogP contribution in [0.1, 0.15) is 41.0 Å². The first-order valence-corrected chi connectivity index (χ1v) is 7.33. The van der Waals surface area contributed by atoms with Gasteiger partial charge in [0.2, 0.25) is 5.91 Å². The summed E-state index contributed by atoms with van der Waals surface area (Å²) in [6, 6.07) is 0.132. The Hall–Kier alpha value is -0.680. The van der Waals surface area contributed by atoms with Crippen LogP contribution in [0.2, 0.25) is 0 Å². The van der Waals surface area contributed by atoms with Crippen molar-refractivity contribution in [3.63, 3.8) is 0 Å². The predicted molar refractivity (Wildman–Crippen MR) is 80.9 cm³/mol. The SMILES string of the molecule is CCOC1CC(NC(=O)C(C(N)=S)C(C)C)C1(C)C. The zero-order chi connectivity index (χ0) is 14.8. The molecule has 0 heterocycles. The van der Waals surface area contributed by atoms with Crippen LogP contribution in [0.25, 0.3) is 0 Å². The second-order valence-electron chi connectivity index (χ2n) is 6.19. The van der Waals surface area contributed by atoms with Crippen LogP contribution in [0.15, 0.2) is 0 Å². The minimum Gasteiger partial charge on any atom is -0.393 e. The lowest BCUT2D eigenvalue weighted by atomic mass is 9.64. The summed E-state index contributed by atoms with van der Waals surface area (Å²) in [5, 5.41) is 3.07. The number of rotatable bonds is 6. The zero-order valence-electron chi connectivity index (χ0n) is 12.5. The molecule has 5 heteroatoms. The van der Waals surface area contributed by atoms with Gasteiger partial charge >= 0.3 is 0 Å². The number of amides is 1. The molecule has 1 aliphatic carbocycles. The van der Waals surface area contributed by atoms with E-state index in [1.54, 1.807) is 0 Å². The quantitative estimate of drug-likeness (QED) is 0.732. The first kappa shape index (κ1) is 16.4. The van der Waals surface area contributed by atoms with E-state index in [2.05, 4.69) is 19.2 Å². The van der Waals surface area contributed by atoms with Crippen LogP contribution in [0.4, 0.5) is 0 Å². The van der Waals surface area contributed by atoms with Gasteiger partial charge in [-0.25, -0.2) is 0 Å². The van der Waals surface area contributed by atoms with Crippen molar-refractivity contribution in [1.82, 2.24) is 5.32 Å². The Bertz CT molecular complexity index is 355. The van der Waals surface area contributed by atoms with Gasteiger partial charge in [0, 0.05) is 18.1 Å². The lowest BCUT2D eigenvalue weighted by Crippen LogP contribution is -2.63. The van der Waals surface area contributed by atoms with Crippen LogP contribution in [-0.4, -0.2) is 29.6 Å². The van der Waals surface area contributed by atoms with Crippen LogP contribution in [0.3, 0.4) is 0 Å². The van der Waals surface area contributed by atoms with Crippen LogP contribution in [0.5, 0.6) is 0 Å². The molecule has 1 fully saturated rings. The highest BCUT2D eigenvalue weighted by molar-refractivity contribution is 7.80. The standard InChI is InChI=1S/C14H26N2O2S/c1-6-18-10-7-9(14(10,4)5)16-13(17)11(8(2)3)12(15)19/h8-11H,6-7H2,1-5H3,(H2,15,19)(H,16,17). The van der Waals surface area contributed by atoms with Gasteiger partial charge < -0.3 is 15.8 Å². The van der Waals surface area contributed by atoms with Crippen molar-refractivity contribution >= 4 is 23.1 Å². The van der Waals surface area contributed by atoms with Gasteiger partial charge in [0.1, 0.15) is 0 Å². The van der Waals surface area contributed by atoms with Crippen LogP contribution >= 0.6 is 12.2 Å². The monoisotopic (exact) mass is 286 g/mol. The summed E-state index contributed by atoms with van der Waals surface area (Å²) in [4.78, 5) is 12.5. The molecule has 0 aromatic carbocycles. The maximum absolute atomic E-state index is 12.3. The third-order valence-electron chi connectivity index (χ3n) is 4.12. The summed E-state index contributed by atoms with van der Waals surface area (Å²) in [6.07, 6.45) is 1.07. The number of hydrogen-bond donors (Lipinski definition) is 2. The van der Waals surface area contributed by atoms with Crippen molar-refractivity contribution in [3.8, 4) is 0 Å². The van der Waals surface area contributed by atoms with Gasteiger partial charge in [0.25, 0.3) is 0 Å². The molecule has 1 amide bonds. The second kappa shape index (κ2) is 6.18. The van der Waals surface area contributed by atoms with E-state index in [1.165, 1.54) is 0 Å². The van der Waals surface area contributed by atoms with Gasteiger partial charge in [-0.15, -0.1) is 0 Å². The molecule has 3 atom stereocenters. The molecular formula is C14H26N2O2S. The largest absolute Gasteiger partial charge is 0.393 e. The summed E-state index contributed by atoms with van der Waals surface area (Å²) >= 11 is 4.99. The topological polar surface area (TPSA) is 64.3 Å². The summed E-state index contributed by atoms with van der Waals surface area (Å²) < 4.78 is 5.66. The minimum atomic E-state index is -0.392. The number of ether oxygens (including phenoxy) is 1. The molecule has 1 aliphatic rings. The summed E-state index contributed by atoms with van der Waals surface area (Å²) in [5.74, 6) is -0.337. The van der Waals surface area contributed by atoms with Crippen molar-refractivity contribution in [1.29, 1.82) is 0 Å². The first-order valence-electron chi connectivity index (χ1n) is 6.93. The number of thiocarbonyl (C=S) groups is 1.